The third kappa shape index (κ3) is 3.36. The van der Waals surface area contributed by atoms with Crippen LogP contribution < -0.4 is 0 Å². The first-order valence-electron chi connectivity index (χ1n) is 16.6. The zero-order chi connectivity index (χ0) is 31.3. The summed E-state index contributed by atoms with van der Waals surface area (Å²) in [7, 11) is 0. The van der Waals surface area contributed by atoms with Crippen LogP contribution in [0.15, 0.2) is 170 Å². The van der Waals surface area contributed by atoms with Crippen molar-refractivity contribution < 1.29 is 0 Å². The fourth-order valence-corrected chi connectivity index (χ4v) is 8.46. The van der Waals surface area contributed by atoms with Gasteiger partial charge in [0.25, 0.3) is 0 Å². The standard InChI is InChI=1S/C46H28N2/c1-2-14-31-29(12-1)13-11-23-42(31)48-44-22-10-8-20-38(44)40-27-26-39-37-19-7-9-21-43(37)47(45(39)46(40)48)30-24-25-36-34-17-4-3-15-32(34)33-16-5-6-18-35(33)41(36)28-30/h1-28H. The van der Waals surface area contributed by atoms with Crippen molar-refractivity contribution in [2.75, 3.05) is 0 Å². The van der Waals surface area contributed by atoms with E-state index in [1.165, 1.54) is 92.4 Å². The van der Waals surface area contributed by atoms with Crippen LogP contribution in [0.5, 0.6) is 0 Å². The summed E-state index contributed by atoms with van der Waals surface area (Å²) in [4.78, 5) is 0. The summed E-state index contributed by atoms with van der Waals surface area (Å²) in [5, 5.41) is 15.2. The molecule has 0 atom stereocenters. The maximum absolute atomic E-state index is 2.51. The quantitative estimate of drug-likeness (QED) is 0.173. The summed E-state index contributed by atoms with van der Waals surface area (Å²) < 4.78 is 5.02. The lowest BCUT2D eigenvalue weighted by atomic mass is 9.94. The van der Waals surface area contributed by atoms with Gasteiger partial charge in [-0.25, -0.2) is 0 Å². The third-order valence-electron chi connectivity index (χ3n) is 10.5. The molecule has 0 radical (unpaired) electrons. The molecule has 0 bridgehead atoms. The van der Waals surface area contributed by atoms with Crippen LogP contribution >= 0.6 is 0 Å². The normalized spacial score (nSPS) is 12.2. The second kappa shape index (κ2) is 9.57. The third-order valence-corrected chi connectivity index (χ3v) is 10.5. The molecule has 2 heteroatoms. The van der Waals surface area contributed by atoms with Crippen molar-refractivity contribution in [3.8, 4) is 11.4 Å². The van der Waals surface area contributed by atoms with Crippen LogP contribution in [0.2, 0.25) is 0 Å². The molecule has 11 rings (SSSR count). The Morgan fingerprint density at radius 1 is 0.271 bits per heavy atom. The highest BCUT2D eigenvalue weighted by molar-refractivity contribution is 6.27. The molecular weight excluding hydrogens is 581 g/mol. The molecule has 2 heterocycles. The number of rotatable bonds is 2. The zero-order valence-electron chi connectivity index (χ0n) is 26.1. The van der Waals surface area contributed by atoms with Gasteiger partial charge in [-0.15, -0.1) is 0 Å². The van der Waals surface area contributed by atoms with Gasteiger partial charge in [0.05, 0.1) is 27.8 Å². The minimum atomic E-state index is 1.16. The highest BCUT2D eigenvalue weighted by Gasteiger charge is 2.22. The van der Waals surface area contributed by atoms with Crippen LogP contribution in [0.1, 0.15) is 0 Å². The summed E-state index contributed by atoms with van der Waals surface area (Å²) in [6.45, 7) is 0. The first-order valence-corrected chi connectivity index (χ1v) is 16.6. The van der Waals surface area contributed by atoms with Crippen molar-refractivity contribution >= 4 is 86.7 Å². The molecule has 0 saturated carbocycles. The van der Waals surface area contributed by atoms with Gasteiger partial charge in [-0.1, -0.05) is 140 Å². The molecule has 0 spiro atoms. The number of fused-ring (bicyclic) bond motifs is 14. The summed E-state index contributed by atoms with van der Waals surface area (Å²) in [6, 6.07) is 62.5. The maximum atomic E-state index is 2.51. The predicted octanol–water partition coefficient (Wildman–Crippen LogP) is 12.5. The van der Waals surface area contributed by atoms with E-state index < -0.39 is 0 Å². The minimum absolute atomic E-state index is 1.16. The number of hydrogen-bond donors (Lipinski definition) is 0. The van der Waals surface area contributed by atoms with Crippen molar-refractivity contribution in [1.29, 1.82) is 0 Å². The van der Waals surface area contributed by atoms with Gasteiger partial charge >= 0.3 is 0 Å². The molecular formula is C46H28N2. The molecule has 222 valence electrons. The first-order chi connectivity index (χ1) is 23.8. The van der Waals surface area contributed by atoms with Crippen LogP contribution in [0.4, 0.5) is 0 Å². The molecule has 9 aromatic carbocycles. The summed E-state index contributed by atoms with van der Waals surface area (Å²) in [5.74, 6) is 0. The first kappa shape index (κ1) is 25.8. The molecule has 11 aromatic rings. The monoisotopic (exact) mass is 608 g/mol. The lowest BCUT2D eigenvalue weighted by Gasteiger charge is -2.16. The Morgan fingerprint density at radius 3 is 1.35 bits per heavy atom. The number of benzene rings is 9. The highest BCUT2D eigenvalue weighted by atomic mass is 15.0. The van der Waals surface area contributed by atoms with E-state index in [9.17, 15) is 0 Å². The average molecular weight is 609 g/mol. The second-order valence-corrected chi connectivity index (χ2v) is 12.9. The Morgan fingerprint density at radius 2 is 0.708 bits per heavy atom. The fraction of sp³-hybridized carbons (Fsp3) is 0. The van der Waals surface area contributed by atoms with E-state index >= 15 is 0 Å². The molecule has 0 N–H and O–H groups in total. The zero-order valence-corrected chi connectivity index (χ0v) is 26.1. The highest BCUT2D eigenvalue weighted by Crippen LogP contribution is 2.43. The number of aromatic nitrogens is 2. The van der Waals surface area contributed by atoms with E-state index in [0.717, 1.165) is 5.69 Å². The number of hydrogen-bond acceptors (Lipinski definition) is 0. The molecule has 2 nitrogen and oxygen atoms in total. The van der Waals surface area contributed by atoms with Gasteiger partial charge in [0, 0.05) is 32.6 Å². The minimum Gasteiger partial charge on any atom is -0.307 e. The molecule has 0 amide bonds. The molecule has 0 saturated heterocycles. The van der Waals surface area contributed by atoms with Crippen LogP contribution in [0, 0.1) is 0 Å². The summed E-state index contributed by atoms with van der Waals surface area (Å²) in [5.41, 5.74) is 7.23. The molecule has 0 unspecified atom stereocenters. The van der Waals surface area contributed by atoms with Crippen molar-refractivity contribution in [3.63, 3.8) is 0 Å². The Hall–Kier alpha value is -6.38. The predicted molar refractivity (Wildman–Crippen MR) is 205 cm³/mol. The van der Waals surface area contributed by atoms with E-state index in [2.05, 4.69) is 179 Å². The second-order valence-electron chi connectivity index (χ2n) is 12.9. The van der Waals surface area contributed by atoms with Crippen LogP contribution in [0.3, 0.4) is 0 Å². The fourth-order valence-electron chi connectivity index (χ4n) is 8.46. The Labute approximate surface area is 276 Å². The van der Waals surface area contributed by atoms with Crippen molar-refractivity contribution in [1.82, 2.24) is 9.13 Å². The van der Waals surface area contributed by atoms with E-state index in [4.69, 9.17) is 0 Å². The molecule has 0 aliphatic rings. The van der Waals surface area contributed by atoms with E-state index in [-0.39, 0.29) is 0 Å². The van der Waals surface area contributed by atoms with Gasteiger partial charge in [-0.2, -0.15) is 0 Å². The molecule has 2 aromatic heterocycles. The average Bonchev–Trinajstić information content (AvgIpc) is 3.68. The van der Waals surface area contributed by atoms with Crippen LogP contribution in [0.25, 0.3) is 98.1 Å². The van der Waals surface area contributed by atoms with Gasteiger partial charge in [0.15, 0.2) is 0 Å². The summed E-state index contributed by atoms with van der Waals surface area (Å²) >= 11 is 0. The molecule has 0 aliphatic carbocycles. The van der Waals surface area contributed by atoms with Crippen molar-refractivity contribution in [2.45, 2.75) is 0 Å². The lowest BCUT2D eigenvalue weighted by Crippen LogP contribution is -1.99. The van der Waals surface area contributed by atoms with E-state index in [1.54, 1.807) is 0 Å². The Bertz CT molecular complexity index is 3080. The smallest absolute Gasteiger partial charge is 0.0789 e. The van der Waals surface area contributed by atoms with Gasteiger partial charge in [0.1, 0.15) is 0 Å². The van der Waals surface area contributed by atoms with E-state index in [0.29, 0.717) is 0 Å². The van der Waals surface area contributed by atoms with Crippen molar-refractivity contribution in [2.24, 2.45) is 0 Å². The largest absolute Gasteiger partial charge is 0.307 e. The summed E-state index contributed by atoms with van der Waals surface area (Å²) in [6.07, 6.45) is 0. The van der Waals surface area contributed by atoms with Gasteiger partial charge < -0.3 is 9.13 Å². The van der Waals surface area contributed by atoms with Gasteiger partial charge in [-0.3, -0.25) is 0 Å². The van der Waals surface area contributed by atoms with Crippen molar-refractivity contribution in [3.05, 3.63) is 170 Å². The van der Waals surface area contributed by atoms with Gasteiger partial charge in [0.2, 0.25) is 0 Å². The molecule has 0 fully saturated rings. The number of nitrogens with zero attached hydrogens (tertiary/aromatic N) is 2. The molecule has 0 aliphatic heterocycles. The van der Waals surface area contributed by atoms with Crippen LogP contribution in [-0.2, 0) is 0 Å². The SMILES string of the molecule is c1ccc2c(-n3c4ccccc4c4ccc5c6ccccc6n(-c6ccc7c8ccccc8c8ccccc8c7c6)c5c43)cccc2c1. The van der Waals surface area contributed by atoms with Gasteiger partial charge in [-0.05, 0) is 68.0 Å². The number of para-hydroxylation sites is 2. The van der Waals surface area contributed by atoms with E-state index in [1.807, 2.05) is 0 Å². The Balaban J connectivity index is 1.35. The topological polar surface area (TPSA) is 9.86 Å². The molecule has 48 heavy (non-hydrogen) atoms. The Kier molecular flexibility index (Phi) is 5.14. The lowest BCUT2D eigenvalue weighted by molar-refractivity contribution is 1.16. The van der Waals surface area contributed by atoms with Crippen LogP contribution in [-0.4, -0.2) is 9.13 Å². The maximum Gasteiger partial charge on any atom is 0.0789 e.